The van der Waals surface area contributed by atoms with Crippen molar-refractivity contribution < 1.29 is 4.79 Å². The van der Waals surface area contributed by atoms with Gasteiger partial charge in [0.15, 0.2) is 0 Å². The van der Waals surface area contributed by atoms with E-state index >= 15 is 0 Å². The van der Waals surface area contributed by atoms with Crippen molar-refractivity contribution in [3.05, 3.63) is 81.3 Å². The van der Waals surface area contributed by atoms with Crippen LogP contribution < -0.4 is 10.9 Å². The molecule has 2 aromatic carbocycles. The molecule has 0 bridgehead atoms. The number of nitrogens with one attached hydrogen (secondary N) is 1. The lowest BCUT2D eigenvalue weighted by atomic mass is 10.1. The number of rotatable bonds is 3. The topological polar surface area (TPSA) is 56.0 Å². The molecular formula is C20H21N3O2. The van der Waals surface area contributed by atoms with Crippen LogP contribution in [-0.2, 0) is 7.05 Å². The van der Waals surface area contributed by atoms with E-state index in [2.05, 4.69) is 5.32 Å². The molecular weight excluding hydrogens is 314 g/mol. The molecule has 0 atom stereocenters. The van der Waals surface area contributed by atoms with E-state index in [1.807, 2.05) is 63.2 Å². The number of nitrogens with zero attached hydrogens (tertiary/aromatic N) is 2. The number of carbonyl (C=O) groups excluding carboxylic acids is 1. The highest BCUT2D eigenvalue weighted by atomic mass is 16.2. The van der Waals surface area contributed by atoms with Gasteiger partial charge in [0.2, 0.25) is 0 Å². The number of benzene rings is 2. The number of hydrogen-bond donors (Lipinski definition) is 1. The summed E-state index contributed by atoms with van der Waals surface area (Å²) < 4.78 is 3.29. The predicted octanol–water partition coefficient (Wildman–Crippen LogP) is 3.35. The van der Waals surface area contributed by atoms with Gasteiger partial charge in [-0.25, -0.2) is 4.68 Å². The molecule has 0 aliphatic rings. The Morgan fingerprint density at radius 1 is 0.960 bits per heavy atom. The van der Waals surface area contributed by atoms with Crippen molar-refractivity contribution >= 4 is 11.6 Å². The summed E-state index contributed by atoms with van der Waals surface area (Å²) in [7, 11) is 1.80. The molecule has 3 aromatic rings. The minimum absolute atomic E-state index is 0.247. The maximum atomic E-state index is 12.8. The average Bonchev–Trinajstić information content (AvgIpc) is 2.81. The molecule has 1 N–H and O–H groups in total. The lowest BCUT2D eigenvalue weighted by molar-refractivity contribution is 0.102. The molecule has 0 aliphatic carbocycles. The molecule has 5 heteroatoms. The largest absolute Gasteiger partial charge is 0.316 e. The van der Waals surface area contributed by atoms with Crippen LogP contribution in [0.2, 0.25) is 0 Å². The third-order valence-corrected chi connectivity index (χ3v) is 4.56. The number of anilines is 1. The lowest BCUT2D eigenvalue weighted by Crippen LogP contribution is -2.23. The monoisotopic (exact) mass is 335 g/mol. The Morgan fingerprint density at radius 3 is 2.28 bits per heavy atom. The van der Waals surface area contributed by atoms with Gasteiger partial charge in [0, 0.05) is 12.6 Å². The van der Waals surface area contributed by atoms with Gasteiger partial charge in [0.1, 0.15) is 5.69 Å². The second kappa shape index (κ2) is 6.43. The number of hydrogen-bond acceptors (Lipinski definition) is 2. The van der Waals surface area contributed by atoms with Crippen molar-refractivity contribution in [3.63, 3.8) is 0 Å². The van der Waals surface area contributed by atoms with Crippen molar-refractivity contribution in [2.45, 2.75) is 20.8 Å². The van der Waals surface area contributed by atoms with Gasteiger partial charge in [-0.15, -0.1) is 0 Å². The van der Waals surface area contributed by atoms with Crippen molar-refractivity contribution in [2.75, 3.05) is 5.32 Å². The van der Waals surface area contributed by atoms with E-state index in [9.17, 15) is 9.59 Å². The predicted molar refractivity (Wildman–Crippen MR) is 99.6 cm³/mol. The van der Waals surface area contributed by atoms with Crippen LogP contribution in [0.3, 0.4) is 0 Å². The first kappa shape index (κ1) is 16.8. The van der Waals surface area contributed by atoms with Crippen molar-refractivity contribution in [1.82, 2.24) is 9.36 Å². The molecule has 0 radical (unpaired) electrons. The first-order chi connectivity index (χ1) is 11.9. The van der Waals surface area contributed by atoms with Gasteiger partial charge in [-0.3, -0.25) is 14.3 Å². The summed E-state index contributed by atoms with van der Waals surface area (Å²) in [4.78, 5) is 25.4. The molecule has 0 fully saturated rings. The van der Waals surface area contributed by atoms with Crippen LogP contribution in [0, 0.1) is 20.8 Å². The van der Waals surface area contributed by atoms with E-state index in [4.69, 9.17) is 0 Å². The summed E-state index contributed by atoms with van der Waals surface area (Å²) in [5.74, 6) is -0.283. The summed E-state index contributed by atoms with van der Waals surface area (Å²) in [6.45, 7) is 5.77. The van der Waals surface area contributed by atoms with Gasteiger partial charge in [0.05, 0.1) is 11.4 Å². The maximum Gasteiger partial charge on any atom is 0.295 e. The Hall–Kier alpha value is -3.08. The lowest BCUT2D eigenvalue weighted by Gasteiger charge is -2.07. The zero-order valence-corrected chi connectivity index (χ0v) is 14.8. The molecule has 25 heavy (non-hydrogen) atoms. The summed E-state index contributed by atoms with van der Waals surface area (Å²) >= 11 is 0. The second-order valence-corrected chi connectivity index (χ2v) is 6.19. The molecule has 0 unspecified atom stereocenters. The minimum atomic E-state index is -0.283. The number of aromatic nitrogens is 2. The summed E-state index contributed by atoms with van der Waals surface area (Å²) in [5.41, 5.74) is 4.21. The fourth-order valence-electron chi connectivity index (χ4n) is 2.78. The van der Waals surface area contributed by atoms with E-state index in [0.29, 0.717) is 16.9 Å². The number of amides is 1. The molecule has 1 amide bonds. The SMILES string of the molecule is Cc1ccc(C(=O)Nc2c(C)n(C)n(-c3ccccc3)c2=O)cc1C. The molecule has 0 aliphatic heterocycles. The van der Waals surface area contributed by atoms with Crippen LogP contribution in [0.1, 0.15) is 27.2 Å². The Balaban J connectivity index is 2.00. The third kappa shape index (κ3) is 3.01. The van der Waals surface area contributed by atoms with Crippen molar-refractivity contribution in [1.29, 1.82) is 0 Å². The van der Waals surface area contributed by atoms with Crippen LogP contribution >= 0.6 is 0 Å². The van der Waals surface area contributed by atoms with Crippen molar-refractivity contribution in [2.24, 2.45) is 7.05 Å². The molecule has 0 saturated carbocycles. The smallest absolute Gasteiger partial charge is 0.295 e. The van der Waals surface area contributed by atoms with Crippen LogP contribution in [0.25, 0.3) is 5.69 Å². The van der Waals surface area contributed by atoms with Gasteiger partial charge < -0.3 is 5.32 Å². The normalized spacial score (nSPS) is 10.7. The number of carbonyl (C=O) groups is 1. The van der Waals surface area contributed by atoms with Gasteiger partial charge in [-0.1, -0.05) is 24.3 Å². The Labute approximate surface area is 146 Å². The summed E-state index contributed by atoms with van der Waals surface area (Å²) in [5, 5.41) is 2.78. The van der Waals surface area contributed by atoms with Gasteiger partial charge in [-0.2, -0.15) is 0 Å². The molecule has 3 rings (SSSR count). The molecule has 1 aromatic heterocycles. The fraction of sp³-hybridized carbons (Fsp3) is 0.200. The Bertz CT molecular complexity index is 998. The standard InChI is InChI=1S/C20H21N3O2/c1-13-10-11-16(12-14(13)2)19(24)21-18-15(3)22(4)23(20(18)25)17-8-6-5-7-9-17/h5-12H,1-4H3,(H,21,24). The van der Waals surface area contributed by atoms with Crippen molar-refractivity contribution in [3.8, 4) is 5.69 Å². The first-order valence-corrected chi connectivity index (χ1v) is 8.12. The van der Waals surface area contributed by atoms with Crippen LogP contribution in [0.15, 0.2) is 53.3 Å². The second-order valence-electron chi connectivity index (χ2n) is 6.19. The highest BCUT2D eigenvalue weighted by molar-refractivity contribution is 6.04. The fourth-order valence-corrected chi connectivity index (χ4v) is 2.78. The van der Waals surface area contributed by atoms with E-state index < -0.39 is 0 Å². The highest BCUT2D eigenvalue weighted by Crippen LogP contribution is 2.16. The van der Waals surface area contributed by atoms with Crippen LogP contribution in [0.4, 0.5) is 5.69 Å². The van der Waals surface area contributed by atoms with E-state index in [-0.39, 0.29) is 11.5 Å². The molecule has 0 saturated heterocycles. The quantitative estimate of drug-likeness (QED) is 0.798. The summed E-state index contributed by atoms with van der Waals surface area (Å²) in [6, 6.07) is 14.9. The molecule has 1 heterocycles. The highest BCUT2D eigenvalue weighted by Gasteiger charge is 2.18. The Morgan fingerprint density at radius 2 is 1.64 bits per heavy atom. The third-order valence-electron chi connectivity index (χ3n) is 4.56. The average molecular weight is 335 g/mol. The van der Waals surface area contributed by atoms with Crippen LogP contribution in [0.5, 0.6) is 0 Å². The van der Waals surface area contributed by atoms with Gasteiger partial charge in [0.25, 0.3) is 11.5 Å². The molecule has 128 valence electrons. The van der Waals surface area contributed by atoms with E-state index in [1.54, 1.807) is 22.5 Å². The van der Waals surface area contributed by atoms with Crippen LogP contribution in [-0.4, -0.2) is 15.3 Å². The molecule has 0 spiro atoms. The van der Waals surface area contributed by atoms with Gasteiger partial charge >= 0.3 is 0 Å². The minimum Gasteiger partial charge on any atom is -0.316 e. The number of aryl methyl sites for hydroxylation is 2. The number of para-hydroxylation sites is 1. The molecule has 5 nitrogen and oxygen atoms in total. The summed E-state index contributed by atoms with van der Waals surface area (Å²) in [6.07, 6.45) is 0. The maximum absolute atomic E-state index is 12.8. The van der Waals surface area contributed by atoms with Gasteiger partial charge in [-0.05, 0) is 56.2 Å². The zero-order chi connectivity index (χ0) is 18.1. The zero-order valence-electron chi connectivity index (χ0n) is 14.8. The van der Waals surface area contributed by atoms with E-state index in [1.165, 1.54) is 0 Å². The van der Waals surface area contributed by atoms with E-state index in [0.717, 1.165) is 16.8 Å². The first-order valence-electron chi connectivity index (χ1n) is 8.12. The Kier molecular flexibility index (Phi) is 4.31.